The first kappa shape index (κ1) is 15.5. The maximum atomic E-state index is 11.6. The van der Waals surface area contributed by atoms with Gasteiger partial charge < -0.3 is 20.3 Å². The first-order valence-electron chi connectivity index (χ1n) is 6.14. The summed E-state index contributed by atoms with van der Waals surface area (Å²) in [6.45, 7) is 4.73. The maximum absolute atomic E-state index is 11.6. The second-order valence-electron chi connectivity index (χ2n) is 4.94. The molecule has 3 N–H and O–H groups in total. The minimum absolute atomic E-state index is 0.0154. The van der Waals surface area contributed by atoms with Crippen molar-refractivity contribution in [3.63, 3.8) is 0 Å². The zero-order valence-electron chi connectivity index (χ0n) is 11.6. The van der Waals surface area contributed by atoms with Crippen molar-refractivity contribution in [1.82, 2.24) is 5.32 Å². The van der Waals surface area contributed by atoms with E-state index >= 15 is 0 Å². The normalized spacial score (nSPS) is 13.7. The molecule has 0 saturated carbocycles. The number of nitrogens with one attached hydrogen (secondary N) is 1. The lowest BCUT2D eigenvalue weighted by Crippen LogP contribution is -2.44. The molecule has 1 aromatic rings. The number of carbonyl (C=O) groups is 1. The standard InChI is InChI=1S/C14H21NO4/c1-10-5-4-6-11(2)13(10)19-7-12(17)15-8-14(3,18)9-16/h4-6,16,18H,7-9H2,1-3H3,(H,15,17). The molecule has 1 atom stereocenters. The van der Waals surface area contributed by atoms with E-state index in [9.17, 15) is 9.90 Å². The molecular formula is C14H21NO4. The molecule has 1 amide bonds. The SMILES string of the molecule is Cc1cccc(C)c1OCC(=O)NCC(C)(O)CO. The van der Waals surface area contributed by atoms with Crippen molar-refractivity contribution >= 4 is 5.91 Å². The molecule has 1 aromatic carbocycles. The van der Waals surface area contributed by atoms with Gasteiger partial charge in [0.05, 0.1) is 6.61 Å². The van der Waals surface area contributed by atoms with Crippen molar-refractivity contribution in [2.45, 2.75) is 26.4 Å². The number of amides is 1. The number of aliphatic hydroxyl groups excluding tert-OH is 1. The zero-order valence-corrected chi connectivity index (χ0v) is 11.6. The molecule has 1 unspecified atom stereocenters. The van der Waals surface area contributed by atoms with E-state index < -0.39 is 12.2 Å². The number of rotatable bonds is 6. The highest BCUT2D eigenvalue weighted by Crippen LogP contribution is 2.21. The van der Waals surface area contributed by atoms with Crippen LogP contribution in [0.5, 0.6) is 5.75 Å². The van der Waals surface area contributed by atoms with Crippen LogP contribution < -0.4 is 10.1 Å². The lowest BCUT2D eigenvalue weighted by Gasteiger charge is -2.20. The summed E-state index contributed by atoms with van der Waals surface area (Å²) in [6, 6.07) is 5.75. The van der Waals surface area contributed by atoms with Gasteiger partial charge in [-0.1, -0.05) is 18.2 Å². The van der Waals surface area contributed by atoms with Gasteiger partial charge in [0.25, 0.3) is 5.91 Å². The number of hydrogen-bond acceptors (Lipinski definition) is 4. The summed E-state index contributed by atoms with van der Waals surface area (Å²) in [5.74, 6) is 0.364. The average Bonchev–Trinajstić information content (AvgIpc) is 2.36. The van der Waals surface area contributed by atoms with Gasteiger partial charge >= 0.3 is 0 Å². The summed E-state index contributed by atoms with van der Waals surface area (Å²) in [6.07, 6.45) is 0. The number of aliphatic hydroxyl groups is 2. The predicted molar refractivity (Wildman–Crippen MR) is 72.1 cm³/mol. The summed E-state index contributed by atoms with van der Waals surface area (Å²) in [5, 5.41) is 20.9. The van der Waals surface area contributed by atoms with Gasteiger partial charge in [0, 0.05) is 6.54 Å². The van der Waals surface area contributed by atoms with E-state index in [0.29, 0.717) is 5.75 Å². The van der Waals surface area contributed by atoms with Crippen LogP contribution in [0.1, 0.15) is 18.1 Å². The molecule has 0 heterocycles. The van der Waals surface area contributed by atoms with E-state index in [1.54, 1.807) is 0 Å². The van der Waals surface area contributed by atoms with Crippen molar-refractivity contribution in [1.29, 1.82) is 0 Å². The van der Waals surface area contributed by atoms with Crippen molar-refractivity contribution in [3.05, 3.63) is 29.3 Å². The lowest BCUT2D eigenvalue weighted by molar-refractivity contribution is -0.124. The second kappa shape index (κ2) is 6.54. The second-order valence-corrected chi connectivity index (χ2v) is 4.94. The van der Waals surface area contributed by atoms with Gasteiger partial charge in [0.15, 0.2) is 6.61 Å². The van der Waals surface area contributed by atoms with Gasteiger partial charge in [0.1, 0.15) is 11.4 Å². The summed E-state index contributed by atoms with van der Waals surface area (Å²) in [5.41, 5.74) is 0.624. The highest BCUT2D eigenvalue weighted by atomic mass is 16.5. The highest BCUT2D eigenvalue weighted by Gasteiger charge is 2.19. The molecule has 5 heteroatoms. The van der Waals surface area contributed by atoms with Crippen LogP contribution in [0.4, 0.5) is 0 Å². The minimum Gasteiger partial charge on any atom is -0.483 e. The lowest BCUT2D eigenvalue weighted by atomic mass is 10.1. The van der Waals surface area contributed by atoms with Gasteiger partial charge in [-0.25, -0.2) is 0 Å². The Morgan fingerprint density at radius 2 is 1.95 bits per heavy atom. The Bertz CT molecular complexity index is 423. The fourth-order valence-electron chi connectivity index (χ4n) is 1.56. The van der Waals surface area contributed by atoms with E-state index in [1.165, 1.54) is 6.92 Å². The van der Waals surface area contributed by atoms with Crippen molar-refractivity contribution in [3.8, 4) is 5.75 Å². The van der Waals surface area contributed by atoms with E-state index in [1.807, 2.05) is 32.0 Å². The fraction of sp³-hybridized carbons (Fsp3) is 0.500. The largest absolute Gasteiger partial charge is 0.483 e. The Hall–Kier alpha value is -1.59. The Labute approximate surface area is 113 Å². The summed E-state index contributed by atoms with van der Waals surface area (Å²) in [7, 11) is 0. The van der Waals surface area contributed by atoms with E-state index in [0.717, 1.165) is 11.1 Å². The molecular weight excluding hydrogens is 246 g/mol. The Kier molecular flexibility index (Phi) is 5.32. The van der Waals surface area contributed by atoms with Crippen LogP contribution in [0.2, 0.25) is 0 Å². The van der Waals surface area contributed by atoms with Crippen LogP contribution in [0.15, 0.2) is 18.2 Å². The maximum Gasteiger partial charge on any atom is 0.258 e. The monoisotopic (exact) mass is 267 g/mol. The number of para-hydroxylation sites is 1. The number of benzene rings is 1. The van der Waals surface area contributed by atoms with Gasteiger partial charge in [0.2, 0.25) is 0 Å². The summed E-state index contributed by atoms with van der Waals surface area (Å²) in [4.78, 5) is 11.6. The Morgan fingerprint density at radius 1 is 1.37 bits per heavy atom. The molecule has 0 bridgehead atoms. The first-order valence-corrected chi connectivity index (χ1v) is 6.14. The summed E-state index contributed by atoms with van der Waals surface area (Å²) >= 11 is 0. The fourth-order valence-corrected chi connectivity index (χ4v) is 1.56. The number of hydrogen-bond donors (Lipinski definition) is 3. The van der Waals surface area contributed by atoms with Crippen molar-refractivity contribution in [2.24, 2.45) is 0 Å². The van der Waals surface area contributed by atoms with Crippen LogP contribution in [0.3, 0.4) is 0 Å². The van der Waals surface area contributed by atoms with Gasteiger partial charge in [-0.3, -0.25) is 4.79 Å². The molecule has 0 fully saturated rings. The molecule has 0 saturated heterocycles. The topological polar surface area (TPSA) is 78.8 Å². The van der Waals surface area contributed by atoms with Crippen LogP contribution in [-0.2, 0) is 4.79 Å². The van der Waals surface area contributed by atoms with E-state index in [2.05, 4.69) is 5.32 Å². The predicted octanol–water partition coefficient (Wildman–Crippen LogP) is 0.542. The molecule has 0 aromatic heterocycles. The highest BCUT2D eigenvalue weighted by molar-refractivity contribution is 5.77. The van der Waals surface area contributed by atoms with Crippen LogP contribution in [0, 0.1) is 13.8 Å². The first-order chi connectivity index (χ1) is 8.85. The molecule has 0 aliphatic carbocycles. The molecule has 5 nitrogen and oxygen atoms in total. The van der Waals surface area contributed by atoms with Crippen LogP contribution in [0.25, 0.3) is 0 Å². The van der Waals surface area contributed by atoms with Gasteiger partial charge in [-0.15, -0.1) is 0 Å². The van der Waals surface area contributed by atoms with E-state index in [4.69, 9.17) is 9.84 Å². The molecule has 0 aliphatic rings. The van der Waals surface area contributed by atoms with Crippen LogP contribution >= 0.6 is 0 Å². The Balaban J connectivity index is 2.47. The van der Waals surface area contributed by atoms with Crippen LogP contribution in [-0.4, -0.2) is 41.5 Å². The average molecular weight is 267 g/mol. The molecule has 0 aliphatic heterocycles. The van der Waals surface area contributed by atoms with Gasteiger partial charge in [-0.05, 0) is 31.9 Å². The Morgan fingerprint density at radius 3 is 2.47 bits per heavy atom. The third kappa shape index (κ3) is 4.89. The molecule has 19 heavy (non-hydrogen) atoms. The molecule has 106 valence electrons. The number of carbonyl (C=O) groups excluding carboxylic acids is 1. The quantitative estimate of drug-likeness (QED) is 0.703. The van der Waals surface area contributed by atoms with E-state index in [-0.39, 0.29) is 19.1 Å². The molecule has 0 spiro atoms. The molecule has 0 radical (unpaired) electrons. The zero-order chi connectivity index (χ0) is 14.5. The van der Waals surface area contributed by atoms with Gasteiger partial charge in [-0.2, -0.15) is 0 Å². The smallest absolute Gasteiger partial charge is 0.258 e. The van der Waals surface area contributed by atoms with Crippen molar-refractivity contribution in [2.75, 3.05) is 19.8 Å². The minimum atomic E-state index is -1.31. The third-order valence-electron chi connectivity index (χ3n) is 2.76. The summed E-state index contributed by atoms with van der Waals surface area (Å²) < 4.78 is 5.47. The number of aryl methyl sites for hydroxylation is 2. The van der Waals surface area contributed by atoms with Crippen molar-refractivity contribution < 1.29 is 19.7 Å². The number of ether oxygens (including phenoxy) is 1. The third-order valence-corrected chi connectivity index (χ3v) is 2.76. The molecule has 1 rings (SSSR count).